The van der Waals surface area contributed by atoms with Gasteiger partial charge in [-0.3, -0.25) is 0 Å². The van der Waals surface area contributed by atoms with Crippen molar-refractivity contribution >= 4 is 5.97 Å². The van der Waals surface area contributed by atoms with Crippen molar-refractivity contribution in [3.8, 4) is 23.0 Å². The summed E-state index contributed by atoms with van der Waals surface area (Å²) in [5.74, 6) is 2.08. The van der Waals surface area contributed by atoms with Crippen molar-refractivity contribution < 1.29 is 23.8 Å². The largest absolute Gasteiger partial charge is 0.493 e. The van der Waals surface area contributed by atoms with E-state index in [1.54, 1.807) is 6.07 Å². The number of oxazole rings is 1. The molecule has 32 heavy (non-hydrogen) atoms. The second-order valence-electron chi connectivity index (χ2n) is 8.77. The number of benzene rings is 2. The average Bonchev–Trinajstić information content (AvgIpc) is 3.10. The van der Waals surface area contributed by atoms with E-state index >= 15 is 0 Å². The lowest BCUT2D eigenvalue weighted by Crippen LogP contribution is -2.37. The van der Waals surface area contributed by atoms with E-state index in [9.17, 15) is 9.90 Å². The van der Waals surface area contributed by atoms with Crippen LogP contribution in [0.25, 0.3) is 11.5 Å². The van der Waals surface area contributed by atoms with Crippen LogP contribution in [0, 0.1) is 12.8 Å². The minimum Gasteiger partial charge on any atom is -0.493 e. The molecule has 0 bridgehead atoms. The summed E-state index contributed by atoms with van der Waals surface area (Å²) in [6, 6.07) is 15.3. The number of nitrogens with zero attached hydrogens (tertiary/aromatic N) is 1. The van der Waals surface area contributed by atoms with Crippen LogP contribution in [-0.2, 0) is 17.6 Å². The van der Waals surface area contributed by atoms with Crippen molar-refractivity contribution in [2.24, 2.45) is 5.92 Å². The molecule has 6 nitrogen and oxygen atoms in total. The Labute approximate surface area is 189 Å². The van der Waals surface area contributed by atoms with Crippen LogP contribution in [0.4, 0.5) is 0 Å². The molecule has 0 unspecified atom stereocenters. The fraction of sp³-hybridized carbons (Fsp3) is 0.385. The third kappa shape index (κ3) is 5.90. The molecule has 0 atom stereocenters. The predicted octanol–water partition coefficient (Wildman–Crippen LogP) is 5.71. The summed E-state index contributed by atoms with van der Waals surface area (Å²) in [6.45, 7) is 9.69. The maximum Gasteiger partial charge on any atom is 0.347 e. The highest BCUT2D eigenvalue weighted by molar-refractivity contribution is 5.76. The normalized spacial score (nSPS) is 11.6. The van der Waals surface area contributed by atoms with Gasteiger partial charge in [0, 0.05) is 12.0 Å². The van der Waals surface area contributed by atoms with Crippen molar-refractivity contribution in [3.63, 3.8) is 0 Å². The molecule has 1 heterocycles. The average molecular weight is 438 g/mol. The van der Waals surface area contributed by atoms with Crippen molar-refractivity contribution in [2.75, 3.05) is 6.61 Å². The van der Waals surface area contributed by atoms with Gasteiger partial charge in [-0.05, 0) is 69.0 Å². The van der Waals surface area contributed by atoms with Gasteiger partial charge in [-0.1, -0.05) is 32.0 Å². The van der Waals surface area contributed by atoms with Crippen molar-refractivity contribution in [1.29, 1.82) is 0 Å². The zero-order chi connectivity index (χ0) is 23.3. The van der Waals surface area contributed by atoms with Crippen LogP contribution in [0.2, 0.25) is 0 Å². The molecular formula is C26H31NO5. The van der Waals surface area contributed by atoms with Crippen molar-refractivity contribution in [3.05, 3.63) is 65.5 Å². The van der Waals surface area contributed by atoms with Gasteiger partial charge in [0.2, 0.25) is 5.89 Å². The zero-order valence-electron chi connectivity index (χ0n) is 19.3. The van der Waals surface area contributed by atoms with Gasteiger partial charge in [0.1, 0.15) is 17.3 Å². The number of rotatable bonds is 10. The SMILES string of the molecule is Cc1oc(-c2ccccc2)nc1CCOc1ccc(OC(C)(C)C(=O)O)cc1CC(C)C. The molecule has 3 aromatic rings. The fourth-order valence-corrected chi connectivity index (χ4v) is 3.32. The molecule has 0 aliphatic carbocycles. The Kier molecular flexibility index (Phi) is 7.23. The number of ether oxygens (including phenoxy) is 2. The number of carboxylic acid groups (broad SMARTS) is 1. The third-order valence-electron chi connectivity index (χ3n) is 5.06. The molecule has 1 aromatic heterocycles. The topological polar surface area (TPSA) is 81.8 Å². The number of aromatic nitrogens is 1. The van der Waals surface area contributed by atoms with Gasteiger partial charge in [-0.25, -0.2) is 9.78 Å². The molecule has 6 heteroatoms. The van der Waals surface area contributed by atoms with Crippen LogP contribution in [-0.4, -0.2) is 28.3 Å². The van der Waals surface area contributed by atoms with Crippen LogP contribution in [0.1, 0.15) is 44.7 Å². The Morgan fingerprint density at radius 2 is 1.88 bits per heavy atom. The summed E-state index contributed by atoms with van der Waals surface area (Å²) in [4.78, 5) is 16.0. The van der Waals surface area contributed by atoms with Crippen molar-refractivity contribution in [1.82, 2.24) is 4.98 Å². The molecule has 0 spiro atoms. The fourth-order valence-electron chi connectivity index (χ4n) is 3.32. The Bertz CT molecular complexity index is 1050. The summed E-state index contributed by atoms with van der Waals surface area (Å²) in [7, 11) is 0. The molecule has 170 valence electrons. The minimum atomic E-state index is -1.31. The standard InChI is InChI=1S/C26H31NO5/c1-17(2)15-20-16-21(32-26(4,5)25(28)29)11-12-23(20)30-14-13-22-18(3)31-24(27-22)19-9-7-6-8-10-19/h6-12,16-17H,13-15H2,1-5H3,(H,28,29). The lowest BCUT2D eigenvalue weighted by Gasteiger charge is -2.23. The Hall–Kier alpha value is -3.28. The first-order valence-electron chi connectivity index (χ1n) is 10.9. The Balaban J connectivity index is 1.70. The van der Waals surface area contributed by atoms with Crippen LogP contribution < -0.4 is 9.47 Å². The monoisotopic (exact) mass is 437 g/mol. The summed E-state index contributed by atoms with van der Waals surface area (Å²) in [6.07, 6.45) is 1.41. The van der Waals surface area contributed by atoms with Crippen LogP contribution in [0.3, 0.4) is 0 Å². The highest BCUT2D eigenvalue weighted by atomic mass is 16.5. The Morgan fingerprint density at radius 1 is 1.16 bits per heavy atom. The van der Waals surface area contributed by atoms with Crippen LogP contribution >= 0.6 is 0 Å². The minimum absolute atomic E-state index is 0.409. The molecule has 2 aromatic carbocycles. The summed E-state index contributed by atoms with van der Waals surface area (Å²) in [5, 5.41) is 9.33. The van der Waals surface area contributed by atoms with Gasteiger partial charge in [0.15, 0.2) is 5.60 Å². The van der Waals surface area contributed by atoms with Gasteiger partial charge < -0.3 is 19.0 Å². The van der Waals surface area contributed by atoms with E-state index in [0.717, 1.165) is 34.8 Å². The number of aliphatic carboxylic acids is 1. The van der Waals surface area contributed by atoms with Gasteiger partial charge in [0.05, 0.1) is 12.3 Å². The lowest BCUT2D eigenvalue weighted by atomic mass is 10.0. The van der Waals surface area contributed by atoms with E-state index in [1.165, 1.54) is 13.8 Å². The van der Waals surface area contributed by atoms with Gasteiger partial charge >= 0.3 is 5.97 Å². The number of hydrogen-bond acceptors (Lipinski definition) is 5. The van der Waals surface area contributed by atoms with E-state index in [0.29, 0.717) is 30.6 Å². The quantitative estimate of drug-likeness (QED) is 0.437. The molecule has 0 aliphatic heterocycles. The molecule has 0 fully saturated rings. The zero-order valence-corrected chi connectivity index (χ0v) is 19.3. The highest BCUT2D eigenvalue weighted by Gasteiger charge is 2.29. The predicted molar refractivity (Wildman–Crippen MR) is 123 cm³/mol. The van der Waals surface area contributed by atoms with Gasteiger partial charge in [-0.15, -0.1) is 0 Å². The first-order valence-corrected chi connectivity index (χ1v) is 10.9. The molecule has 0 amide bonds. The second kappa shape index (κ2) is 9.90. The molecule has 0 aliphatic rings. The van der Waals surface area contributed by atoms with E-state index in [1.807, 2.05) is 49.4 Å². The molecule has 0 radical (unpaired) electrons. The number of hydrogen-bond donors (Lipinski definition) is 1. The summed E-state index contributed by atoms with van der Waals surface area (Å²) in [5.41, 5.74) is 1.50. The first kappa shape index (κ1) is 23.4. The Morgan fingerprint density at radius 3 is 2.53 bits per heavy atom. The number of carbonyl (C=O) groups is 1. The molecule has 0 saturated carbocycles. The molecule has 3 rings (SSSR count). The van der Waals surface area contributed by atoms with Gasteiger partial charge in [-0.2, -0.15) is 0 Å². The summed E-state index contributed by atoms with van der Waals surface area (Å²) < 4.78 is 17.6. The van der Waals surface area contributed by atoms with E-state index in [2.05, 4.69) is 18.8 Å². The van der Waals surface area contributed by atoms with E-state index < -0.39 is 11.6 Å². The summed E-state index contributed by atoms with van der Waals surface area (Å²) >= 11 is 0. The number of aryl methyl sites for hydroxylation is 1. The number of carboxylic acids is 1. The first-order chi connectivity index (χ1) is 15.2. The van der Waals surface area contributed by atoms with Crippen LogP contribution in [0.15, 0.2) is 52.9 Å². The van der Waals surface area contributed by atoms with Gasteiger partial charge in [0.25, 0.3) is 0 Å². The maximum atomic E-state index is 11.4. The van der Waals surface area contributed by atoms with E-state index in [4.69, 9.17) is 13.9 Å². The highest BCUT2D eigenvalue weighted by Crippen LogP contribution is 2.29. The molecule has 0 saturated heterocycles. The maximum absolute atomic E-state index is 11.4. The molecule has 1 N–H and O–H groups in total. The molecular weight excluding hydrogens is 406 g/mol. The second-order valence-corrected chi connectivity index (χ2v) is 8.77. The van der Waals surface area contributed by atoms with Crippen LogP contribution in [0.5, 0.6) is 11.5 Å². The third-order valence-corrected chi connectivity index (χ3v) is 5.06. The lowest BCUT2D eigenvalue weighted by molar-refractivity contribution is -0.152. The smallest absolute Gasteiger partial charge is 0.347 e. The van der Waals surface area contributed by atoms with Crippen molar-refractivity contribution in [2.45, 2.75) is 53.1 Å². The van der Waals surface area contributed by atoms with E-state index in [-0.39, 0.29) is 0 Å².